The lowest BCUT2D eigenvalue weighted by atomic mass is 9.86. The third-order valence-electron chi connectivity index (χ3n) is 4.91. The Balaban J connectivity index is 1.60. The molecule has 0 unspecified atom stereocenters. The summed E-state index contributed by atoms with van der Waals surface area (Å²) in [7, 11) is -1.61. The Kier molecular flexibility index (Phi) is 5.41. The Morgan fingerprint density at radius 1 is 1.13 bits per heavy atom. The topological polar surface area (TPSA) is 59.1 Å². The Morgan fingerprint density at radius 3 is 2.43 bits per heavy atom. The van der Waals surface area contributed by atoms with Crippen molar-refractivity contribution >= 4 is 10.2 Å². The number of methoxy groups -OCH3 is 1. The highest BCUT2D eigenvalue weighted by molar-refractivity contribution is 7.86. The minimum atomic E-state index is -3.33. The summed E-state index contributed by atoms with van der Waals surface area (Å²) in [5, 5.41) is 0. The van der Waals surface area contributed by atoms with Crippen LogP contribution in [0.1, 0.15) is 25.7 Å². The van der Waals surface area contributed by atoms with Crippen LogP contribution in [0.3, 0.4) is 0 Å². The molecule has 1 aliphatic carbocycles. The molecule has 6 nitrogen and oxygen atoms in total. The maximum atomic E-state index is 12.7. The smallest absolute Gasteiger partial charge is 0.282 e. The van der Waals surface area contributed by atoms with Crippen LogP contribution >= 0.6 is 0 Å². The summed E-state index contributed by atoms with van der Waals surface area (Å²) in [6.07, 6.45) is 8.15. The molecule has 0 saturated carbocycles. The zero-order valence-corrected chi connectivity index (χ0v) is 14.6. The fourth-order valence-electron chi connectivity index (χ4n) is 3.50. The maximum absolute atomic E-state index is 12.7. The van der Waals surface area contributed by atoms with E-state index in [9.17, 15) is 8.42 Å². The molecule has 3 aliphatic rings. The van der Waals surface area contributed by atoms with Gasteiger partial charge in [-0.25, -0.2) is 0 Å². The van der Waals surface area contributed by atoms with Crippen molar-refractivity contribution in [3.05, 3.63) is 23.5 Å². The number of nitrogens with zero attached hydrogens (tertiary/aromatic N) is 2. The largest absolute Gasteiger partial charge is 0.501 e. The van der Waals surface area contributed by atoms with Crippen molar-refractivity contribution in [3.8, 4) is 0 Å². The van der Waals surface area contributed by atoms with Crippen LogP contribution in [-0.2, 0) is 19.7 Å². The third kappa shape index (κ3) is 3.79. The lowest BCUT2D eigenvalue weighted by Gasteiger charge is -2.36. The molecule has 23 heavy (non-hydrogen) atoms. The van der Waals surface area contributed by atoms with E-state index in [-0.39, 0.29) is 0 Å². The molecule has 7 heteroatoms. The first-order valence-corrected chi connectivity index (χ1v) is 9.78. The van der Waals surface area contributed by atoms with Crippen LogP contribution in [0.25, 0.3) is 0 Å². The summed E-state index contributed by atoms with van der Waals surface area (Å²) in [5.41, 5.74) is 1.32. The molecule has 0 bridgehead atoms. The fourth-order valence-corrected chi connectivity index (χ4v) is 5.11. The molecule has 0 N–H and O–H groups in total. The summed E-state index contributed by atoms with van der Waals surface area (Å²) < 4.78 is 39.1. The van der Waals surface area contributed by atoms with E-state index in [0.717, 1.165) is 31.4 Å². The van der Waals surface area contributed by atoms with Gasteiger partial charge in [-0.1, -0.05) is 6.08 Å². The Hall–Kier alpha value is -0.890. The first-order valence-electron chi connectivity index (χ1n) is 8.39. The van der Waals surface area contributed by atoms with Crippen molar-refractivity contribution < 1.29 is 17.9 Å². The number of hydrogen-bond acceptors (Lipinski definition) is 4. The summed E-state index contributed by atoms with van der Waals surface area (Å²) in [6.45, 7) is 3.11. The lowest BCUT2D eigenvalue weighted by molar-refractivity contribution is 0.0694. The van der Waals surface area contributed by atoms with Crippen LogP contribution in [0.5, 0.6) is 0 Å². The molecule has 0 radical (unpaired) electrons. The van der Waals surface area contributed by atoms with Crippen LogP contribution in [0.4, 0.5) is 0 Å². The maximum Gasteiger partial charge on any atom is 0.282 e. The molecular formula is C16H26N2O4S. The molecule has 0 aromatic heterocycles. The van der Waals surface area contributed by atoms with E-state index in [0.29, 0.717) is 45.3 Å². The molecule has 2 saturated heterocycles. The molecule has 0 amide bonds. The average molecular weight is 342 g/mol. The quantitative estimate of drug-likeness (QED) is 0.777. The van der Waals surface area contributed by atoms with Gasteiger partial charge in [0.25, 0.3) is 10.2 Å². The van der Waals surface area contributed by atoms with Gasteiger partial charge in [-0.3, -0.25) is 0 Å². The monoisotopic (exact) mass is 342 g/mol. The molecular weight excluding hydrogens is 316 g/mol. The van der Waals surface area contributed by atoms with Crippen LogP contribution < -0.4 is 0 Å². The van der Waals surface area contributed by atoms with Crippen molar-refractivity contribution in [2.24, 2.45) is 5.92 Å². The molecule has 2 aliphatic heterocycles. The van der Waals surface area contributed by atoms with Crippen molar-refractivity contribution in [3.63, 3.8) is 0 Å². The van der Waals surface area contributed by atoms with Crippen LogP contribution in [0, 0.1) is 5.92 Å². The van der Waals surface area contributed by atoms with E-state index in [2.05, 4.69) is 12.2 Å². The molecule has 2 fully saturated rings. The van der Waals surface area contributed by atoms with Gasteiger partial charge in [-0.2, -0.15) is 17.0 Å². The van der Waals surface area contributed by atoms with Crippen LogP contribution in [-0.4, -0.2) is 63.5 Å². The van der Waals surface area contributed by atoms with Gasteiger partial charge in [0.2, 0.25) is 0 Å². The molecule has 2 heterocycles. The van der Waals surface area contributed by atoms with Gasteiger partial charge >= 0.3 is 0 Å². The Morgan fingerprint density at radius 2 is 1.78 bits per heavy atom. The van der Waals surface area contributed by atoms with E-state index in [1.54, 1.807) is 15.7 Å². The van der Waals surface area contributed by atoms with Gasteiger partial charge in [0.15, 0.2) is 0 Å². The fraction of sp³-hybridized carbons (Fsp3) is 0.750. The van der Waals surface area contributed by atoms with Crippen LogP contribution in [0.2, 0.25) is 0 Å². The first-order chi connectivity index (χ1) is 11.1. The summed E-state index contributed by atoms with van der Waals surface area (Å²) in [5.74, 6) is 1.47. The highest BCUT2D eigenvalue weighted by atomic mass is 32.2. The van der Waals surface area contributed by atoms with E-state index in [4.69, 9.17) is 9.47 Å². The van der Waals surface area contributed by atoms with Gasteiger partial charge in [0, 0.05) is 32.6 Å². The second-order valence-electron chi connectivity index (χ2n) is 6.25. The standard InChI is InChI=1S/C16H26N2O4S/c1-21-16-4-2-3-15(13-16)14-5-7-17(8-6-14)23(19,20)18-9-11-22-12-10-18/h3,13-14H,2,4-12H2,1H3. The summed E-state index contributed by atoms with van der Waals surface area (Å²) in [6, 6.07) is 0. The average Bonchev–Trinajstić information content (AvgIpc) is 2.62. The van der Waals surface area contributed by atoms with E-state index >= 15 is 0 Å². The molecule has 0 aromatic rings. The number of rotatable bonds is 4. The van der Waals surface area contributed by atoms with E-state index < -0.39 is 10.2 Å². The third-order valence-corrected chi connectivity index (χ3v) is 6.94. The molecule has 0 aromatic carbocycles. The van der Waals surface area contributed by atoms with Crippen molar-refractivity contribution in [1.82, 2.24) is 8.61 Å². The second kappa shape index (κ2) is 7.34. The Labute approximate surface area is 138 Å². The van der Waals surface area contributed by atoms with E-state index in [1.165, 1.54) is 5.57 Å². The highest BCUT2D eigenvalue weighted by Gasteiger charge is 2.34. The summed E-state index contributed by atoms with van der Waals surface area (Å²) >= 11 is 0. The predicted molar refractivity (Wildman–Crippen MR) is 88.0 cm³/mol. The van der Waals surface area contributed by atoms with Crippen molar-refractivity contribution in [2.45, 2.75) is 25.7 Å². The molecule has 3 rings (SSSR count). The zero-order valence-electron chi connectivity index (χ0n) is 13.7. The van der Waals surface area contributed by atoms with Gasteiger partial charge in [-0.05, 0) is 36.8 Å². The minimum absolute atomic E-state index is 0.441. The van der Waals surface area contributed by atoms with Gasteiger partial charge in [0.05, 0.1) is 26.1 Å². The lowest BCUT2D eigenvalue weighted by Crippen LogP contribution is -2.50. The number of morpholine rings is 1. The second-order valence-corrected chi connectivity index (χ2v) is 8.18. The summed E-state index contributed by atoms with van der Waals surface area (Å²) in [4.78, 5) is 0. The van der Waals surface area contributed by atoms with Crippen molar-refractivity contribution in [2.75, 3.05) is 46.5 Å². The highest BCUT2D eigenvalue weighted by Crippen LogP contribution is 2.31. The number of hydrogen-bond donors (Lipinski definition) is 0. The number of piperidine rings is 1. The number of ether oxygens (including phenoxy) is 2. The Bertz CT molecular complexity index is 571. The first kappa shape index (κ1) is 17.0. The van der Waals surface area contributed by atoms with E-state index in [1.807, 2.05) is 0 Å². The SMILES string of the molecule is COC1=CC(C2CCN(S(=O)(=O)N3CCOCC3)CC2)=CCC1. The van der Waals surface area contributed by atoms with Gasteiger partial charge in [-0.15, -0.1) is 0 Å². The van der Waals surface area contributed by atoms with Gasteiger partial charge in [0.1, 0.15) is 0 Å². The molecule has 0 spiro atoms. The molecule has 0 atom stereocenters. The molecule has 130 valence electrons. The number of allylic oxidation sites excluding steroid dienone is 4. The normalized spacial score (nSPS) is 25.8. The minimum Gasteiger partial charge on any atom is -0.501 e. The van der Waals surface area contributed by atoms with Gasteiger partial charge < -0.3 is 9.47 Å². The van der Waals surface area contributed by atoms with Crippen molar-refractivity contribution in [1.29, 1.82) is 0 Å². The van der Waals surface area contributed by atoms with Crippen LogP contribution in [0.15, 0.2) is 23.5 Å². The predicted octanol–water partition coefficient (Wildman–Crippen LogP) is 1.53. The zero-order chi connectivity index (χ0) is 16.3.